The fourth-order valence-corrected chi connectivity index (χ4v) is 4.43. The first-order valence-corrected chi connectivity index (χ1v) is 11.3. The molecule has 6 heteroatoms. The molecule has 1 aliphatic heterocycles. The van der Waals surface area contributed by atoms with Crippen molar-refractivity contribution in [1.29, 1.82) is 0 Å². The number of anilines is 1. The number of hydrogen-bond acceptors (Lipinski definition) is 5. The molecule has 4 rings (SSSR count). The SMILES string of the molecule is Cc1nc(C)c(Cc2cccc(F)c2)c(N2CCN(CC(O)Cc3ccccc3)CC2)n1. The van der Waals surface area contributed by atoms with E-state index in [0.717, 1.165) is 60.2 Å². The van der Waals surface area contributed by atoms with Crippen molar-refractivity contribution in [1.82, 2.24) is 14.9 Å². The van der Waals surface area contributed by atoms with E-state index < -0.39 is 0 Å². The quantitative estimate of drug-likeness (QED) is 0.616. The Hall–Kier alpha value is -2.83. The number of halogens is 1. The van der Waals surface area contributed by atoms with Crippen molar-refractivity contribution in [3.63, 3.8) is 0 Å². The number of benzene rings is 2. The molecular weight excluding hydrogens is 403 g/mol. The Bertz CT molecular complexity index is 1040. The number of piperazine rings is 1. The number of nitrogens with zero attached hydrogens (tertiary/aromatic N) is 4. The minimum Gasteiger partial charge on any atom is -0.391 e. The third kappa shape index (κ3) is 5.69. The maximum atomic E-state index is 13.7. The second-order valence-electron chi connectivity index (χ2n) is 8.60. The lowest BCUT2D eigenvalue weighted by molar-refractivity contribution is 0.109. The predicted molar refractivity (Wildman–Crippen MR) is 126 cm³/mol. The highest BCUT2D eigenvalue weighted by molar-refractivity contribution is 5.51. The van der Waals surface area contributed by atoms with Crippen LogP contribution in [0.15, 0.2) is 54.6 Å². The summed E-state index contributed by atoms with van der Waals surface area (Å²) in [4.78, 5) is 14.0. The van der Waals surface area contributed by atoms with Gasteiger partial charge in [0.2, 0.25) is 0 Å². The van der Waals surface area contributed by atoms with Gasteiger partial charge in [-0.25, -0.2) is 14.4 Å². The normalized spacial score (nSPS) is 15.7. The molecule has 1 unspecified atom stereocenters. The van der Waals surface area contributed by atoms with Crippen LogP contribution in [0.2, 0.25) is 0 Å². The minimum atomic E-state index is -0.379. The van der Waals surface area contributed by atoms with Crippen molar-refractivity contribution in [2.45, 2.75) is 32.8 Å². The maximum absolute atomic E-state index is 13.7. The number of β-amino-alcohol motifs (C(OH)–C–C–N with tert-alkyl or cyclic N) is 1. The van der Waals surface area contributed by atoms with E-state index in [-0.39, 0.29) is 11.9 Å². The summed E-state index contributed by atoms with van der Waals surface area (Å²) in [5.74, 6) is 1.47. The van der Waals surface area contributed by atoms with Gasteiger partial charge in [-0.15, -0.1) is 0 Å². The van der Waals surface area contributed by atoms with Gasteiger partial charge in [-0.1, -0.05) is 42.5 Å². The van der Waals surface area contributed by atoms with Crippen molar-refractivity contribution >= 4 is 5.82 Å². The lowest BCUT2D eigenvalue weighted by atomic mass is 10.0. The van der Waals surface area contributed by atoms with Crippen LogP contribution in [0.3, 0.4) is 0 Å². The summed E-state index contributed by atoms with van der Waals surface area (Å²) in [6.07, 6.45) is 0.897. The summed E-state index contributed by atoms with van der Waals surface area (Å²) in [5, 5.41) is 10.5. The average molecular weight is 435 g/mol. The Morgan fingerprint density at radius 3 is 2.38 bits per heavy atom. The van der Waals surface area contributed by atoms with E-state index in [0.29, 0.717) is 19.4 Å². The molecule has 1 saturated heterocycles. The van der Waals surface area contributed by atoms with Crippen LogP contribution in [-0.2, 0) is 12.8 Å². The highest BCUT2D eigenvalue weighted by Gasteiger charge is 2.23. The third-order valence-electron chi connectivity index (χ3n) is 6.03. The van der Waals surface area contributed by atoms with Crippen molar-refractivity contribution in [3.05, 3.63) is 88.6 Å². The van der Waals surface area contributed by atoms with Crippen LogP contribution < -0.4 is 4.90 Å². The summed E-state index contributed by atoms with van der Waals surface area (Å²) in [7, 11) is 0. The van der Waals surface area contributed by atoms with E-state index in [1.807, 2.05) is 38.1 Å². The summed E-state index contributed by atoms with van der Waals surface area (Å²) in [5.41, 5.74) is 4.08. The van der Waals surface area contributed by atoms with E-state index in [4.69, 9.17) is 4.98 Å². The van der Waals surface area contributed by atoms with Crippen LogP contribution >= 0.6 is 0 Å². The summed E-state index contributed by atoms with van der Waals surface area (Å²) in [6.45, 7) is 8.00. The molecular formula is C26H31FN4O. The van der Waals surface area contributed by atoms with Gasteiger partial charge in [-0.05, 0) is 43.5 Å². The van der Waals surface area contributed by atoms with Crippen molar-refractivity contribution < 1.29 is 9.50 Å². The van der Waals surface area contributed by atoms with Gasteiger partial charge in [-0.2, -0.15) is 0 Å². The van der Waals surface area contributed by atoms with Gasteiger partial charge in [0.25, 0.3) is 0 Å². The molecule has 0 spiro atoms. The molecule has 2 aromatic carbocycles. The van der Waals surface area contributed by atoms with Crippen LogP contribution in [-0.4, -0.2) is 58.8 Å². The first-order chi connectivity index (χ1) is 15.5. The second-order valence-corrected chi connectivity index (χ2v) is 8.60. The molecule has 5 nitrogen and oxygen atoms in total. The van der Waals surface area contributed by atoms with Gasteiger partial charge in [0.1, 0.15) is 17.5 Å². The molecule has 1 aliphatic rings. The fourth-order valence-electron chi connectivity index (χ4n) is 4.43. The Labute approximate surface area is 189 Å². The number of rotatable bonds is 7. The van der Waals surface area contributed by atoms with Crippen LogP contribution in [0, 0.1) is 19.7 Å². The van der Waals surface area contributed by atoms with Crippen LogP contribution in [0.5, 0.6) is 0 Å². The molecule has 0 bridgehead atoms. The van der Waals surface area contributed by atoms with E-state index >= 15 is 0 Å². The highest BCUT2D eigenvalue weighted by Crippen LogP contribution is 2.25. The summed E-state index contributed by atoms with van der Waals surface area (Å²) >= 11 is 0. The second kappa shape index (κ2) is 10.2. The van der Waals surface area contributed by atoms with Crippen LogP contribution in [0.25, 0.3) is 0 Å². The molecule has 2 heterocycles. The number of aliphatic hydroxyl groups excluding tert-OH is 1. The molecule has 1 aromatic heterocycles. The summed E-state index contributed by atoms with van der Waals surface area (Å²) < 4.78 is 13.7. The van der Waals surface area contributed by atoms with Crippen molar-refractivity contribution in [3.8, 4) is 0 Å². The predicted octanol–water partition coefficient (Wildman–Crippen LogP) is 3.55. The minimum absolute atomic E-state index is 0.225. The summed E-state index contributed by atoms with van der Waals surface area (Å²) in [6, 6.07) is 16.9. The maximum Gasteiger partial charge on any atom is 0.136 e. The van der Waals surface area contributed by atoms with Crippen molar-refractivity contribution in [2.24, 2.45) is 0 Å². The van der Waals surface area contributed by atoms with E-state index in [9.17, 15) is 9.50 Å². The zero-order valence-corrected chi connectivity index (χ0v) is 18.8. The van der Waals surface area contributed by atoms with Crippen molar-refractivity contribution in [2.75, 3.05) is 37.6 Å². The van der Waals surface area contributed by atoms with Gasteiger partial charge in [0.05, 0.1) is 6.10 Å². The average Bonchev–Trinajstić information content (AvgIpc) is 2.77. The lowest BCUT2D eigenvalue weighted by Gasteiger charge is -2.37. The standard InChI is InChI=1S/C26H31FN4O/c1-19-25(17-22-9-6-10-23(27)15-22)26(29-20(2)28-19)31-13-11-30(12-14-31)18-24(32)16-21-7-4-3-5-8-21/h3-10,15,24,32H,11-14,16-18H2,1-2H3. The van der Waals surface area contributed by atoms with Crippen LogP contribution in [0.1, 0.15) is 28.2 Å². The van der Waals surface area contributed by atoms with Gasteiger partial charge in [-0.3, -0.25) is 4.90 Å². The smallest absolute Gasteiger partial charge is 0.136 e. The largest absolute Gasteiger partial charge is 0.391 e. The Morgan fingerprint density at radius 2 is 1.66 bits per heavy atom. The third-order valence-corrected chi connectivity index (χ3v) is 6.03. The molecule has 1 fully saturated rings. The zero-order chi connectivity index (χ0) is 22.5. The number of aromatic nitrogens is 2. The first kappa shape index (κ1) is 22.4. The van der Waals surface area contributed by atoms with Gasteiger partial charge in [0, 0.05) is 50.4 Å². The molecule has 0 saturated carbocycles. The monoisotopic (exact) mass is 434 g/mol. The Morgan fingerprint density at radius 1 is 0.938 bits per heavy atom. The molecule has 32 heavy (non-hydrogen) atoms. The van der Waals surface area contributed by atoms with E-state index in [1.54, 1.807) is 12.1 Å². The number of aryl methyl sites for hydroxylation is 2. The van der Waals surface area contributed by atoms with Crippen LogP contribution in [0.4, 0.5) is 10.2 Å². The van der Waals surface area contributed by atoms with E-state index in [2.05, 4.69) is 26.9 Å². The molecule has 168 valence electrons. The van der Waals surface area contributed by atoms with Gasteiger partial charge in [0.15, 0.2) is 0 Å². The molecule has 1 N–H and O–H groups in total. The van der Waals surface area contributed by atoms with Gasteiger partial charge < -0.3 is 10.0 Å². The zero-order valence-electron chi connectivity index (χ0n) is 18.8. The first-order valence-electron chi connectivity index (χ1n) is 11.3. The Balaban J connectivity index is 1.41. The number of aliphatic hydroxyl groups is 1. The van der Waals surface area contributed by atoms with Gasteiger partial charge >= 0.3 is 0 Å². The molecule has 0 aliphatic carbocycles. The molecule has 0 radical (unpaired) electrons. The Kier molecular flexibility index (Phi) is 7.12. The number of hydrogen-bond donors (Lipinski definition) is 1. The molecule has 1 atom stereocenters. The fraction of sp³-hybridized carbons (Fsp3) is 0.385. The van der Waals surface area contributed by atoms with E-state index in [1.165, 1.54) is 6.07 Å². The molecule has 0 amide bonds. The topological polar surface area (TPSA) is 52.5 Å². The lowest BCUT2D eigenvalue weighted by Crippen LogP contribution is -2.49. The molecule has 3 aromatic rings. The highest BCUT2D eigenvalue weighted by atomic mass is 19.1.